The van der Waals surface area contributed by atoms with E-state index in [1.54, 1.807) is 19.3 Å². The van der Waals surface area contributed by atoms with E-state index in [0.29, 0.717) is 31.9 Å². The fourth-order valence-corrected chi connectivity index (χ4v) is 2.85. The summed E-state index contributed by atoms with van der Waals surface area (Å²) >= 11 is 0. The first-order valence-electron chi connectivity index (χ1n) is 6.19. The van der Waals surface area contributed by atoms with Crippen LogP contribution in [0.1, 0.15) is 17.9 Å². The smallest absolute Gasteiger partial charge is 0.243 e. The van der Waals surface area contributed by atoms with Crippen molar-refractivity contribution in [3.8, 4) is 0 Å². The van der Waals surface area contributed by atoms with Crippen molar-refractivity contribution in [2.75, 3.05) is 13.2 Å². The lowest BCUT2D eigenvalue weighted by Crippen LogP contribution is -2.25. The Morgan fingerprint density at radius 2 is 2.35 bits per heavy atom. The number of nitrogens with one attached hydrogen (secondary N) is 2. The Bertz CT molecular complexity index is 619. The molecule has 0 unspecified atom stereocenters. The molecule has 0 saturated carbocycles. The molecular formula is C12H17N3O4S. The molecule has 7 nitrogen and oxygen atoms in total. The standard InChI is InChI=1S/C12H17N3O4S/c1-10-12(8-13-15-10)20(16,17)14-5-3-6-18-9-11-4-2-7-19-11/h2,4,7-8,14H,3,5-6,9H2,1H3,(H,13,15). The van der Waals surface area contributed by atoms with Crippen molar-refractivity contribution in [3.05, 3.63) is 36.0 Å². The summed E-state index contributed by atoms with van der Waals surface area (Å²) in [5, 5.41) is 6.29. The van der Waals surface area contributed by atoms with E-state index in [1.807, 2.05) is 6.07 Å². The van der Waals surface area contributed by atoms with E-state index < -0.39 is 10.0 Å². The van der Waals surface area contributed by atoms with Crippen molar-refractivity contribution in [1.82, 2.24) is 14.9 Å². The van der Waals surface area contributed by atoms with Crippen LogP contribution in [0.25, 0.3) is 0 Å². The van der Waals surface area contributed by atoms with Crippen LogP contribution < -0.4 is 4.72 Å². The number of sulfonamides is 1. The zero-order chi connectivity index (χ0) is 14.4. The summed E-state index contributed by atoms with van der Waals surface area (Å²) in [6.45, 7) is 2.81. The van der Waals surface area contributed by atoms with Gasteiger partial charge < -0.3 is 9.15 Å². The summed E-state index contributed by atoms with van der Waals surface area (Å²) in [6.07, 6.45) is 3.46. The molecule has 0 aliphatic heterocycles. The van der Waals surface area contributed by atoms with Gasteiger partial charge in [-0.3, -0.25) is 5.10 Å². The van der Waals surface area contributed by atoms with Crippen LogP contribution in [0.15, 0.2) is 33.9 Å². The first kappa shape index (κ1) is 14.8. The van der Waals surface area contributed by atoms with Crippen LogP contribution in [0, 0.1) is 6.92 Å². The summed E-state index contributed by atoms with van der Waals surface area (Å²) in [7, 11) is -3.50. The van der Waals surface area contributed by atoms with E-state index >= 15 is 0 Å². The van der Waals surface area contributed by atoms with Gasteiger partial charge in [0.15, 0.2) is 0 Å². The second-order valence-electron chi connectivity index (χ2n) is 4.24. The van der Waals surface area contributed by atoms with E-state index in [1.165, 1.54) is 6.20 Å². The Morgan fingerprint density at radius 1 is 1.50 bits per heavy atom. The second kappa shape index (κ2) is 6.69. The topological polar surface area (TPSA) is 97.2 Å². The summed E-state index contributed by atoms with van der Waals surface area (Å²) in [6, 6.07) is 3.62. The Hall–Kier alpha value is -1.64. The third-order valence-electron chi connectivity index (χ3n) is 2.66. The van der Waals surface area contributed by atoms with Gasteiger partial charge in [0, 0.05) is 13.2 Å². The minimum Gasteiger partial charge on any atom is -0.467 e. The van der Waals surface area contributed by atoms with Crippen molar-refractivity contribution >= 4 is 10.0 Å². The molecule has 2 heterocycles. The van der Waals surface area contributed by atoms with Gasteiger partial charge >= 0.3 is 0 Å². The molecule has 0 aromatic carbocycles. The van der Waals surface area contributed by atoms with Gasteiger partial charge in [-0.05, 0) is 25.5 Å². The van der Waals surface area contributed by atoms with Crippen LogP contribution in [0.3, 0.4) is 0 Å². The highest BCUT2D eigenvalue weighted by atomic mass is 32.2. The maximum atomic E-state index is 11.9. The molecule has 110 valence electrons. The van der Waals surface area contributed by atoms with Crippen molar-refractivity contribution in [1.29, 1.82) is 0 Å². The van der Waals surface area contributed by atoms with Crippen molar-refractivity contribution in [2.45, 2.75) is 24.8 Å². The molecule has 2 rings (SSSR count). The molecule has 0 atom stereocenters. The van der Waals surface area contributed by atoms with Gasteiger partial charge in [-0.25, -0.2) is 13.1 Å². The van der Waals surface area contributed by atoms with Gasteiger partial charge in [0.05, 0.1) is 18.2 Å². The van der Waals surface area contributed by atoms with Gasteiger partial charge in [-0.2, -0.15) is 5.10 Å². The van der Waals surface area contributed by atoms with E-state index in [0.717, 1.165) is 5.76 Å². The van der Waals surface area contributed by atoms with Crippen LogP contribution in [0.4, 0.5) is 0 Å². The van der Waals surface area contributed by atoms with Gasteiger partial charge in [-0.1, -0.05) is 0 Å². The number of H-pyrrole nitrogens is 1. The maximum Gasteiger partial charge on any atom is 0.243 e. The average Bonchev–Trinajstić information content (AvgIpc) is 3.04. The molecule has 0 fully saturated rings. The summed E-state index contributed by atoms with van der Waals surface area (Å²) < 4.78 is 36.8. The molecular weight excluding hydrogens is 282 g/mol. The predicted molar refractivity (Wildman–Crippen MR) is 71.5 cm³/mol. The number of hydrogen-bond donors (Lipinski definition) is 2. The molecule has 2 aromatic rings. The monoisotopic (exact) mass is 299 g/mol. The zero-order valence-electron chi connectivity index (χ0n) is 11.1. The van der Waals surface area contributed by atoms with Gasteiger partial charge in [-0.15, -0.1) is 0 Å². The van der Waals surface area contributed by atoms with Crippen molar-refractivity contribution in [3.63, 3.8) is 0 Å². The van der Waals surface area contributed by atoms with Crippen molar-refractivity contribution < 1.29 is 17.6 Å². The Labute approximate surface area is 117 Å². The molecule has 2 N–H and O–H groups in total. The lowest BCUT2D eigenvalue weighted by Gasteiger charge is -2.06. The Morgan fingerprint density at radius 3 is 3.00 bits per heavy atom. The molecule has 20 heavy (non-hydrogen) atoms. The van der Waals surface area contributed by atoms with Crippen LogP contribution in [0.2, 0.25) is 0 Å². The SMILES string of the molecule is Cc1[nH]ncc1S(=O)(=O)NCCCOCc1ccco1. The van der Waals surface area contributed by atoms with E-state index in [9.17, 15) is 8.42 Å². The van der Waals surface area contributed by atoms with E-state index in [4.69, 9.17) is 9.15 Å². The fourth-order valence-electron chi connectivity index (χ4n) is 1.64. The second-order valence-corrected chi connectivity index (χ2v) is 5.98. The van der Waals surface area contributed by atoms with Crippen LogP contribution in [-0.4, -0.2) is 31.8 Å². The average molecular weight is 299 g/mol. The highest BCUT2D eigenvalue weighted by Gasteiger charge is 2.17. The first-order chi connectivity index (χ1) is 9.59. The molecule has 0 aliphatic rings. The number of aromatic nitrogens is 2. The number of ether oxygens (including phenoxy) is 1. The lowest BCUT2D eigenvalue weighted by atomic mass is 10.4. The number of aryl methyl sites for hydroxylation is 1. The zero-order valence-corrected chi connectivity index (χ0v) is 11.9. The quantitative estimate of drug-likeness (QED) is 0.714. The number of aromatic amines is 1. The summed E-state index contributed by atoms with van der Waals surface area (Å²) in [4.78, 5) is 0.175. The van der Waals surface area contributed by atoms with Gasteiger partial charge in [0.1, 0.15) is 17.3 Å². The third kappa shape index (κ3) is 3.92. The van der Waals surface area contributed by atoms with E-state index in [-0.39, 0.29) is 4.90 Å². The van der Waals surface area contributed by atoms with Gasteiger partial charge in [0.2, 0.25) is 10.0 Å². The molecule has 0 amide bonds. The molecule has 2 aromatic heterocycles. The Kier molecular flexibility index (Phi) is 4.94. The summed E-state index contributed by atoms with van der Waals surface area (Å²) in [5.74, 6) is 0.750. The van der Waals surface area contributed by atoms with Crippen LogP contribution in [0.5, 0.6) is 0 Å². The minimum atomic E-state index is -3.50. The molecule has 0 spiro atoms. The van der Waals surface area contributed by atoms with Crippen molar-refractivity contribution in [2.24, 2.45) is 0 Å². The number of hydrogen-bond acceptors (Lipinski definition) is 5. The highest BCUT2D eigenvalue weighted by molar-refractivity contribution is 7.89. The third-order valence-corrected chi connectivity index (χ3v) is 4.23. The molecule has 0 saturated heterocycles. The molecule has 0 bridgehead atoms. The summed E-state index contributed by atoms with van der Waals surface area (Å²) in [5.41, 5.74) is 0.520. The van der Waals surface area contributed by atoms with E-state index in [2.05, 4.69) is 14.9 Å². The molecule has 8 heteroatoms. The lowest BCUT2D eigenvalue weighted by molar-refractivity contribution is 0.105. The van der Waals surface area contributed by atoms with Gasteiger partial charge in [0.25, 0.3) is 0 Å². The van der Waals surface area contributed by atoms with Crippen LogP contribution >= 0.6 is 0 Å². The highest BCUT2D eigenvalue weighted by Crippen LogP contribution is 2.10. The first-order valence-corrected chi connectivity index (χ1v) is 7.67. The minimum absolute atomic E-state index is 0.175. The molecule has 0 radical (unpaired) electrons. The molecule has 0 aliphatic carbocycles. The largest absolute Gasteiger partial charge is 0.467 e. The Balaban J connectivity index is 1.67. The normalized spacial score (nSPS) is 11.8. The predicted octanol–water partition coefficient (Wildman–Crippen LogP) is 1.20. The number of rotatable bonds is 8. The maximum absolute atomic E-state index is 11.9. The number of nitrogens with zero attached hydrogens (tertiary/aromatic N) is 1. The van der Waals surface area contributed by atoms with Crippen LogP contribution in [-0.2, 0) is 21.4 Å². The fraction of sp³-hybridized carbons (Fsp3) is 0.417. The number of furan rings is 1.